The molecule has 0 bridgehead atoms. The Morgan fingerprint density at radius 3 is 2.85 bits per heavy atom. The third-order valence-electron chi connectivity index (χ3n) is 5.13. The molecule has 0 unspecified atom stereocenters. The Hall–Kier alpha value is -2.25. The van der Waals surface area contributed by atoms with E-state index in [1.165, 1.54) is 11.1 Å². The second kappa shape index (κ2) is 6.81. The normalized spacial score (nSPS) is 15.9. The third kappa shape index (κ3) is 2.71. The van der Waals surface area contributed by atoms with Crippen molar-refractivity contribution in [1.29, 1.82) is 0 Å². The average Bonchev–Trinajstić information content (AvgIpc) is 3.28. The van der Waals surface area contributed by atoms with Crippen LogP contribution in [0.5, 0.6) is 0 Å². The first-order valence-corrected chi connectivity index (χ1v) is 8.81. The van der Waals surface area contributed by atoms with Gasteiger partial charge in [0.25, 0.3) is 5.89 Å². The van der Waals surface area contributed by atoms with Crippen molar-refractivity contribution >= 4 is 12.4 Å². The molecule has 3 aromatic heterocycles. The Kier molecular flexibility index (Phi) is 4.50. The molecule has 1 aliphatic heterocycles. The van der Waals surface area contributed by atoms with Gasteiger partial charge in [0.15, 0.2) is 5.69 Å². The molecule has 26 heavy (non-hydrogen) atoms. The summed E-state index contributed by atoms with van der Waals surface area (Å²) in [5.41, 5.74) is 6.21. The quantitative estimate of drug-likeness (QED) is 0.738. The van der Waals surface area contributed by atoms with E-state index in [1.807, 2.05) is 13.1 Å². The van der Waals surface area contributed by atoms with Crippen molar-refractivity contribution in [3.63, 3.8) is 0 Å². The summed E-state index contributed by atoms with van der Waals surface area (Å²) < 4.78 is 11.0. The van der Waals surface area contributed by atoms with Gasteiger partial charge in [-0.25, -0.2) is 0 Å². The number of halogens is 1. The van der Waals surface area contributed by atoms with Gasteiger partial charge in [-0.1, -0.05) is 10.3 Å². The summed E-state index contributed by atoms with van der Waals surface area (Å²) in [4.78, 5) is 9.15. The molecule has 5 rings (SSSR count). The molecule has 0 spiro atoms. The minimum atomic E-state index is 0. The number of aromatic nitrogens is 4. The number of aryl methyl sites for hydroxylation is 2. The summed E-state index contributed by atoms with van der Waals surface area (Å²) in [6, 6.07) is 0. The number of hydrogen-bond acceptors (Lipinski definition) is 7. The monoisotopic (exact) mass is 373 g/mol. The van der Waals surface area contributed by atoms with Gasteiger partial charge in [0.2, 0.25) is 5.82 Å². The van der Waals surface area contributed by atoms with Crippen LogP contribution in [0.1, 0.15) is 41.0 Å². The van der Waals surface area contributed by atoms with E-state index in [1.54, 1.807) is 0 Å². The van der Waals surface area contributed by atoms with Crippen LogP contribution in [0.2, 0.25) is 0 Å². The van der Waals surface area contributed by atoms with Gasteiger partial charge in [0, 0.05) is 36.0 Å². The highest BCUT2D eigenvalue weighted by Gasteiger charge is 2.26. The van der Waals surface area contributed by atoms with Gasteiger partial charge in [-0.15, -0.1) is 12.4 Å². The van der Waals surface area contributed by atoms with Crippen LogP contribution in [-0.4, -0.2) is 26.8 Å². The van der Waals surface area contributed by atoms with E-state index in [2.05, 4.69) is 25.6 Å². The van der Waals surface area contributed by atoms with E-state index >= 15 is 0 Å². The summed E-state index contributed by atoms with van der Waals surface area (Å²) in [6.07, 6.45) is 7.06. The first kappa shape index (κ1) is 17.2. The van der Waals surface area contributed by atoms with Crippen molar-refractivity contribution in [2.24, 2.45) is 0 Å². The van der Waals surface area contributed by atoms with Crippen molar-refractivity contribution in [2.45, 2.75) is 45.6 Å². The maximum atomic E-state index is 5.55. The predicted octanol–water partition coefficient (Wildman–Crippen LogP) is 3.04. The molecule has 0 saturated heterocycles. The van der Waals surface area contributed by atoms with Gasteiger partial charge in [-0.2, -0.15) is 4.98 Å². The molecule has 7 nitrogen and oxygen atoms in total. The number of pyridine rings is 1. The molecule has 0 amide bonds. The zero-order valence-corrected chi connectivity index (χ0v) is 15.4. The van der Waals surface area contributed by atoms with Crippen LogP contribution in [0.15, 0.2) is 15.2 Å². The van der Waals surface area contributed by atoms with E-state index in [4.69, 9.17) is 9.05 Å². The summed E-state index contributed by atoms with van der Waals surface area (Å²) in [5.74, 6) is 1.99. The topological polar surface area (TPSA) is 89.9 Å². The SMILES string of the molecule is Cc1ncc2c(c1-c1noc(-c3noc4c3CCCC4)n1)CCNC2.Cl. The molecular formula is C18H20ClN5O2. The lowest BCUT2D eigenvalue weighted by atomic mass is 9.95. The molecule has 0 saturated carbocycles. The van der Waals surface area contributed by atoms with Crippen molar-refractivity contribution in [2.75, 3.05) is 6.54 Å². The van der Waals surface area contributed by atoms with Gasteiger partial charge in [-0.05, 0) is 50.3 Å². The fourth-order valence-electron chi connectivity index (χ4n) is 3.84. The average molecular weight is 374 g/mol. The molecule has 0 aromatic carbocycles. The van der Waals surface area contributed by atoms with Crippen LogP contribution in [0.4, 0.5) is 0 Å². The zero-order valence-electron chi connectivity index (χ0n) is 14.5. The smallest absolute Gasteiger partial charge is 0.280 e. The van der Waals surface area contributed by atoms with Gasteiger partial charge >= 0.3 is 0 Å². The number of nitrogens with zero attached hydrogens (tertiary/aromatic N) is 4. The highest BCUT2D eigenvalue weighted by Crippen LogP contribution is 2.33. The molecule has 0 fully saturated rings. The fourth-order valence-corrected chi connectivity index (χ4v) is 3.84. The van der Waals surface area contributed by atoms with Crippen LogP contribution in [0.25, 0.3) is 23.0 Å². The highest BCUT2D eigenvalue weighted by molar-refractivity contribution is 5.85. The number of rotatable bonds is 2. The fraction of sp³-hybridized carbons (Fsp3) is 0.444. The van der Waals surface area contributed by atoms with E-state index in [0.29, 0.717) is 17.4 Å². The van der Waals surface area contributed by atoms with Crippen LogP contribution in [-0.2, 0) is 25.8 Å². The van der Waals surface area contributed by atoms with Crippen LogP contribution < -0.4 is 5.32 Å². The first-order chi connectivity index (χ1) is 12.3. The molecule has 4 heterocycles. The summed E-state index contributed by atoms with van der Waals surface area (Å²) in [6.45, 7) is 3.77. The van der Waals surface area contributed by atoms with Crippen molar-refractivity contribution in [1.82, 2.24) is 25.6 Å². The molecule has 0 atom stereocenters. The summed E-state index contributed by atoms with van der Waals surface area (Å²) >= 11 is 0. The maximum Gasteiger partial charge on any atom is 0.280 e. The van der Waals surface area contributed by atoms with E-state index in [0.717, 1.165) is 67.8 Å². The standard InChI is InChI=1S/C18H19N5O2.ClH/c1-10-15(12-6-7-19-8-11(12)9-20-10)17-21-18(25-23-17)16-13-4-2-3-5-14(13)24-22-16;/h9,19H,2-8H2,1H3;1H. The van der Waals surface area contributed by atoms with Crippen molar-refractivity contribution < 1.29 is 9.05 Å². The molecule has 8 heteroatoms. The third-order valence-corrected chi connectivity index (χ3v) is 5.13. The van der Waals surface area contributed by atoms with E-state index < -0.39 is 0 Å². The first-order valence-electron chi connectivity index (χ1n) is 8.81. The number of hydrogen-bond donors (Lipinski definition) is 1. The van der Waals surface area contributed by atoms with Crippen LogP contribution in [0, 0.1) is 6.92 Å². The van der Waals surface area contributed by atoms with Gasteiger partial charge in [-0.3, -0.25) is 4.98 Å². The second-order valence-electron chi connectivity index (χ2n) is 6.71. The Morgan fingerprint density at radius 1 is 1.04 bits per heavy atom. The summed E-state index contributed by atoms with van der Waals surface area (Å²) in [7, 11) is 0. The van der Waals surface area contributed by atoms with Gasteiger partial charge in [0.1, 0.15) is 5.76 Å². The molecular weight excluding hydrogens is 354 g/mol. The molecule has 136 valence electrons. The minimum absolute atomic E-state index is 0. The highest BCUT2D eigenvalue weighted by atomic mass is 35.5. The Balaban J connectivity index is 0.00000168. The Morgan fingerprint density at radius 2 is 1.92 bits per heavy atom. The lowest BCUT2D eigenvalue weighted by Crippen LogP contribution is -2.24. The Labute approximate surface area is 157 Å². The molecule has 1 aliphatic carbocycles. The lowest BCUT2D eigenvalue weighted by Gasteiger charge is -2.19. The second-order valence-corrected chi connectivity index (χ2v) is 6.71. The van der Waals surface area contributed by atoms with Gasteiger partial charge < -0.3 is 14.4 Å². The van der Waals surface area contributed by atoms with E-state index in [-0.39, 0.29) is 12.4 Å². The minimum Gasteiger partial charge on any atom is -0.360 e. The van der Waals surface area contributed by atoms with Gasteiger partial charge in [0.05, 0.1) is 0 Å². The summed E-state index contributed by atoms with van der Waals surface area (Å²) in [5, 5.41) is 11.8. The van der Waals surface area contributed by atoms with Crippen molar-refractivity contribution in [3.8, 4) is 23.0 Å². The molecule has 2 aliphatic rings. The lowest BCUT2D eigenvalue weighted by molar-refractivity contribution is 0.369. The molecule has 0 radical (unpaired) electrons. The van der Waals surface area contributed by atoms with Crippen LogP contribution in [0.3, 0.4) is 0 Å². The zero-order chi connectivity index (χ0) is 16.8. The number of fused-ring (bicyclic) bond motifs is 2. The Bertz CT molecular complexity index is 949. The van der Waals surface area contributed by atoms with E-state index in [9.17, 15) is 0 Å². The molecule has 3 aromatic rings. The molecule has 1 N–H and O–H groups in total. The van der Waals surface area contributed by atoms with Crippen molar-refractivity contribution in [3.05, 3.63) is 34.3 Å². The number of nitrogens with one attached hydrogen (secondary N) is 1. The predicted molar refractivity (Wildman–Crippen MR) is 97.1 cm³/mol. The maximum absolute atomic E-state index is 5.55. The van der Waals surface area contributed by atoms with Crippen LogP contribution >= 0.6 is 12.4 Å². The largest absolute Gasteiger partial charge is 0.360 e.